The molecule has 1 amide bonds. The topological polar surface area (TPSA) is 99.2 Å². The van der Waals surface area contributed by atoms with Crippen LogP contribution in [0.1, 0.15) is 42.6 Å². The van der Waals surface area contributed by atoms with Gasteiger partial charge in [0.1, 0.15) is 17.7 Å². The van der Waals surface area contributed by atoms with Crippen LogP contribution in [0, 0.1) is 6.92 Å². The number of nitrogens with two attached hydrogens (primary N) is 1. The Morgan fingerprint density at radius 2 is 2.16 bits per heavy atom. The molecule has 1 heterocycles. The van der Waals surface area contributed by atoms with E-state index in [1.807, 2.05) is 6.92 Å². The SMILES string of the molecule is CCCNC(=O)C(C)n1c(C)nc(C(=O)OC)c1N. The van der Waals surface area contributed by atoms with Crippen LogP contribution in [0.25, 0.3) is 0 Å². The van der Waals surface area contributed by atoms with E-state index in [2.05, 4.69) is 15.0 Å². The second kappa shape index (κ2) is 6.21. The molecule has 19 heavy (non-hydrogen) atoms. The molecule has 0 bridgehead atoms. The molecule has 0 aromatic carbocycles. The molecule has 3 N–H and O–H groups in total. The van der Waals surface area contributed by atoms with Crippen molar-refractivity contribution in [1.82, 2.24) is 14.9 Å². The van der Waals surface area contributed by atoms with Crippen LogP contribution in [0.5, 0.6) is 0 Å². The van der Waals surface area contributed by atoms with Crippen LogP contribution < -0.4 is 11.1 Å². The number of esters is 1. The summed E-state index contributed by atoms with van der Waals surface area (Å²) in [6.07, 6.45) is 0.851. The van der Waals surface area contributed by atoms with Crippen LogP contribution in [0.3, 0.4) is 0 Å². The van der Waals surface area contributed by atoms with Gasteiger partial charge in [0.2, 0.25) is 5.91 Å². The van der Waals surface area contributed by atoms with Crippen LogP contribution >= 0.6 is 0 Å². The standard InChI is InChI=1S/C12H20N4O3/c1-5-6-14-11(17)7(2)16-8(3)15-9(10(16)13)12(18)19-4/h7H,5-6,13H2,1-4H3,(H,14,17). The second-order valence-electron chi connectivity index (χ2n) is 4.22. The molecule has 0 aliphatic rings. The molecule has 106 valence electrons. The molecule has 1 aromatic heterocycles. The Bertz CT molecular complexity index is 482. The maximum atomic E-state index is 11.9. The fraction of sp³-hybridized carbons (Fsp3) is 0.583. The molecule has 0 aliphatic carbocycles. The number of nitrogens with one attached hydrogen (secondary N) is 1. The average molecular weight is 268 g/mol. The minimum atomic E-state index is -0.611. The highest BCUT2D eigenvalue weighted by Crippen LogP contribution is 2.20. The number of nitrogen functional groups attached to an aromatic ring is 1. The average Bonchev–Trinajstić information content (AvgIpc) is 2.69. The van der Waals surface area contributed by atoms with Gasteiger partial charge >= 0.3 is 5.97 Å². The van der Waals surface area contributed by atoms with Crippen molar-refractivity contribution in [3.63, 3.8) is 0 Å². The Morgan fingerprint density at radius 3 is 2.68 bits per heavy atom. The van der Waals surface area contributed by atoms with E-state index in [0.29, 0.717) is 12.4 Å². The number of amides is 1. The first-order valence-corrected chi connectivity index (χ1v) is 6.14. The van der Waals surface area contributed by atoms with Gasteiger partial charge in [-0.3, -0.25) is 4.79 Å². The predicted octanol–water partition coefficient (Wildman–Crippen LogP) is 0.648. The molecule has 0 saturated heterocycles. The lowest BCUT2D eigenvalue weighted by Gasteiger charge is -2.16. The number of nitrogens with zero attached hydrogens (tertiary/aromatic N) is 2. The van der Waals surface area contributed by atoms with E-state index >= 15 is 0 Å². The normalized spacial score (nSPS) is 12.0. The molecule has 0 saturated carbocycles. The summed E-state index contributed by atoms with van der Waals surface area (Å²) in [7, 11) is 1.26. The summed E-state index contributed by atoms with van der Waals surface area (Å²) in [5, 5.41) is 2.78. The number of rotatable bonds is 5. The number of imidazole rings is 1. The first-order valence-electron chi connectivity index (χ1n) is 6.14. The minimum Gasteiger partial charge on any atom is -0.464 e. The van der Waals surface area contributed by atoms with Crippen molar-refractivity contribution < 1.29 is 14.3 Å². The molecule has 1 aromatic rings. The summed E-state index contributed by atoms with van der Waals surface area (Å²) in [6.45, 7) is 5.96. The number of ether oxygens (including phenoxy) is 1. The fourth-order valence-corrected chi connectivity index (χ4v) is 1.81. The summed E-state index contributed by atoms with van der Waals surface area (Å²) in [5.41, 5.74) is 5.90. The quantitative estimate of drug-likeness (QED) is 0.764. The van der Waals surface area contributed by atoms with E-state index in [1.54, 1.807) is 13.8 Å². The molecule has 1 atom stereocenters. The zero-order valence-electron chi connectivity index (χ0n) is 11.7. The molecular weight excluding hydrogens is 248 g/mol. The highest BCUT2D eigenvalue weighted by Gasteiger charge is 2.25. The molecule has 7 heteroatoms. The van der Waals surface area contributed by atoms with E-state index in [4.69, 9.17) is 5.73 Å². The van der Waals surface area contributed by atoms with Gasteiger partial charge in [-0.1, -0.05) is 6.92 Å². The van der Waals surface area contributed by atoms with Crippen molar-refractivity contribution in [2.24, 2.45) is 0 Å². The molecule has 0 aliphatic heterocycles. The Kier molecular flexibility index (Phi) is 4.91. The maximum absolute atomic E-state index is 11.9. The van der Waals surface area contributed by atoms with Gasteiger partial charge in [-0.2, -0.15) is 0 Å². The van der Waals surface area contributed by atoms with Gasteiger partial charge in [-0.05, 0) is 20.3 Å². The number of anilines is 1. The Labute approximate surface area is 112 Å². The summed E-state index contributed by atoms with van der Waals surface area (Å²) in [4.78, 5) is 27.5. The Balaban J connectivity index is 3.03. The lowest BCUT2D eigenvalue weighted by atomic mass is 10.3. The van der Waals surface area contributed by atoms with Crippen molar-refractivity contribution in [3.8, 4) is 0 Å². The van der Waals surface area contributed by atoms with Gasteiger partial charge in [0, 0.05) is 6.54 Å². The summed E-state index contributed by atoms with van der Waals surface area (Å²) in [5.74, 6) is -0.133. The lowest BCUT2D eigenvalue weighted by molar-refractivity contribution is -0.123. The molecule has 0 spiro atoms. The predicted molar refractivity (Wildman–Crippen MR) is 70.7 cm³/mol. The number of carbonyl (C=O) groups is 2. The molecule has 1 unspecified atom stereocenters. The van der Waals surface area contributed by atoms with E-state index in [9.17, 15) is 9.59 Å². The van der Waals surface area contributed by atoms with Crippen LogP contribution in [0.15, 0.2) is 0 Å². The van der Waals surface area contributed by atoms with Gasteiger partial charge in [-0.15, -0.1) is 0 Å². The number of carbonyl (C=O) groups excluding carboxylic acids is 2. The molecular formula is C12H20N4O3. The number of hydrogen-bond acceptors (Lipinski definition) is 5. The minimum absolute atomic E-state index is 0.0372. The first kappa shape index (κ1) is 15.0. The molecule has 0 radical (unpaired) electrons. The highest BCUT2D eigenvalue weighted by molar-refractivity contribution is 5.92. The van der Waals surface area contributed by atoms with Crippen molar-refractivity contribution in [2.45, 2.75) is 33.2 Å². The van der Waals surface area contributed by atoms with Crippen LogP contribution in [-0.2, 0) is 9.53 Å². The third-order valence-corrected chi connectivity index (χ3v) is 2.82. The van der Waals surface area contributed by atoms with Crippen LogP contribution in [0.4, 0.5) is 5.82 Å². The zero-order chi connectivity index (χ0) is 14.6. The van der Waals surface area contributed by atoms with Crippen molar-refractivity contribution in [3.05, 3.63) is 11.5 Å². The van der Waals surface area contributed by atoms with Crippen molar-refractivity contribution in [1.29, 1.82) is 0 Å². The van der Waals surface area contributed by atoms with Crippen LogP contribution in [0.2, 0.25) is 0 Å². The summed E-state index contributed by atoms with van der Waals surface area (Å²) in [6, 6.07) is -0.530. The first-order chi connectivity index (χ1) is 8.93. The van der Waals surface area contributed by atoms with Crippen molar-refractivity contribution in [2.75, 3.05) is 19.4 Å². The number of hydrogen-bond donors (Lipinski definition) is 2. The number of aryl methyl sites for hydroxylation is 1. The van der Waals surface area contributed by atoms with Gasteiger partial charge in [0.25, 0.3) is 0 Å². The number of methoxy groups -OCH3 is 1. The van der Waals surface area contributed by atoms with Gasteiger partial charge in [-0.25, -0.2) is 9.78 Å². The lowest BCUT2D eigenvalue weighted by Crippen LogP contribution is -2.32. The Hall–Kier alpha value is -2.05. The van der Waals surface area contributed by atoms with Crippen LogP contribution in [-0.4, -0.2) is 35.1 Å². The Morgan fingerprint density at radius 1 is 1.53 bits per heavy atom. The summed E-state index contributed by atoms with van der Waals surface area (Å²) < 4.78 is 6.12. The molecule has 0 fully saturated rings. The summed E-state index contributed by atoms with van der Waals surface area (Å²) >= 11 is 0. The monoisotopic (exact) mass is 268 g/mol. The van der Waals surface area contributed by atoms with Gasteiger partial charge in [0.15, 0.2) is 5.69 Å². The number of aromatic nitrogens is 2. The zero-order valence-corrected chi connectivity index (χ0v) is 11.7. The van der Waals surface area contributed by atoms with Gasteiger partial charge < -0.3 is 20.4 Å². The van der Waals surface area contributed by atoms with E-state index in [-0.39, 0.29) is 17.4 Å². The van der Waals surface area contributed by atoms with E-state index in [0.717, 1.165) is 6.42 Å². The third kappa shape index (κ3) is 3.04. The third-order valence-electron chi connectivity index (χ3n) is 2.82. The maximum Gasteiger partial charge on any atom is 0.360 e. The largest absolute Gasteiger partial charge is 0.464 e. The highest BCUT2D eigenvalue weighted by atomic mass is 16.5. The van der Waals surface area contributed by atoms with E-state index in [1.165, 1.54) is 11.7 Å². The van der Waals surface area contributed by atoms with E-state index < -0.39 is 12.0 Å². The van der Waals surface area contributed by atoms with Gasteiger partial charge in [0.05, 0.1) is 7.11 Å². The smallest absolute Gasteiger partial charge is 0.360 e. The fourth-order valence-electron chi connectivity index (χ4n) is 1.81. The van der Waals surface area contributed by atoms with Crippen molar-refractivity contribution >= 4 is 17.7 Å². The molecule has 7 nitrogen and oxygen atoms in total. The molecule has 1 rings (SSSR count). The second-order valence-corrected chi connectivity index (χ2v) is 4.22.